The number of fused-ring (bicyclic) bond motifs is 1. The summed E-state index contributed by atoms with van der Waals surface area (Å²) in [6.45, 7) is 0. The minimum Gasteiger partial charge on any atom is -0.496 e. The molecule has 0 aliphatic carbocycles. The summed E-state index contributed by atoms with van der Waals surface area (Å²) in [5.41, 5.74) is 8.37. The summed E-state index contributed by atoms with van der Waals surface area (Å²) in [4.78, 5) is 5.48. The van der Waals surface area contributed by atoms with Crippen LogP contribution in [0.15, 0.2) is 48.0 Å². The van der Waals surface area contributed by atoms with Gasteiger partial charge >= 0.3 is 0 Å². The monoisotopic (exact) mass is 270 g/mol. The summed E-state index contributed by atoms with van der Waals surface area (Å²) in [5, 5.41) is 3.10. The van der Waals surface area contributed by atoms with E-state index in [0.29, 0.717) is 0 Å². The van der Waals surface area contributed by atoms with Crippen LogP contribution in [0.4, 0.5) is 0 Å². The Hall–Kier alpha value is -1.91. The molecule has 3 rings (SSSR count). The number of ether oxygens (including phenoxy) is 1. The van der Waals surface area contributed by atoms with Crippen LogP contribution in [0.25, 0.3) is 10.9 Å². The maximum Gasteiger partial charge on any atom is 0.134 e. The van der Waals surface area contributed by atoms with Crippen LogP contribution in [-0.4, -0.2) is 12.1 Å². The van der Waals surface area contributed by atoms with Gasteiger partial charge in [-0.05, 0) is 17.5 Å². The molecule has 2 aromatic heterocycles. The molecule has 3 nitrogen and oxygen atoms in total. The van der Waals surface area contributed by atoms with E-state index in [0.717, 1.165) is 27.1 Å². The molecule has 0 bridgehead atoms. The van der Waals surface area contributed by atoms with Gasteiger partial charge in [0.2, 0.25) is 0 Å². The molecule has 96 valence electrons. The quantitative estimate of drug-likeness (QED) is 0.794. The Balaban J connectivity index is 2.14. The number of hydrogen-bond acceptors (Lipinski definition) is 4. The van der Waals surface area contributed by atoms with Gasteiger partial charge in [-0.15, -0.1) is 11.3 Å². The zero-order valence-electron chi connectivity index (χ0n) is 10.5. The normalized spacial score (nSPS) is 12.5. The molecule has 0 fully saturated rings. The first-order chi connectivity index (χ1) is 9.31. The Bertz CT molecular complexity index is 703. The predicted molar refractivity (Wildman–Crippen MR) is 78.6 cm³/mol. The molecule has 1 atom stereocenters. The van der Waals surface area contributed by atoms with Gasteiger partial charge < -0.3 is 10.5 Å². The number of para-hydroxylation sites is 1. The van der Waals surface area contributed by atoms with Gasteiger partial charge in [0.15, 0.2) is 0 Å². The number of pyridine rings is 1. The second-order valence-corrected chi connectivity index (χ2v) is 5.20. The molecule has 0 amide bonds. The summed E-state index contributed by atoms with van der Waals surface area (Å²) < 4.78 is 5.35. The number of nitrogens with two attached hydrogens (primary N) is 1. The molecular formula is C15H14N2OS. The highest BCUT2D eigenvalue weighted by Crippen LogP contribution is 2.35. The lowest BCUT2D eigenvalue weighted by molar-refractivity contribution is 0.411. The lowest BCUT2D eigenvalue weighted by Crippen LogP contribution is -2.12. The van der Waals surface area contributed by atoms with E-state index in [2.05, 4.69) is 4.98 Å². The predicted octanol–water partition coefficient (Wildman–Crippen LogP) is 3.35. The van der Waals surface area contributed by atoms with E-state index in [1.807, 2.05) is 41.8 Å². The first-order valence-corrected chi connectivity index (χ1v) is 6.90. The third-order valence-corrected chi connectivity index (χ3v) is 4.14. The smallest absolute Gasteiger partial charge is 0.134 e. The maximum absolute atomic E-state index is 6.39. The Kier molecular flexibility index (Phi) is 3.19. The Morgan fingerprint density at radius 3 is 2.89 bits per heavy atom. The molecule has 0 aliphatic rings. The highest BCUT2D eigenvalue weighted by Gasteiger charge is 2.18. The Morgan fingerprint density at radius 1 is 1.21 bits per heavy atom. The highest BCUT2D eigenvalue weighted by atomic mass is 32.1. The molecule has 1 aromatic carbocycles. The zero-order valence-corrected chi connectivity index (χ0v) is 11.4. The lowest BCUT2D eigenvalue weighted by Gasteiger charge is -2.14. The highest BCUT2D eigenvalue weighted by molar-refractivity contribution is 7.10. The average Bonchev–Trinajstić information content (AvgIpc) is 2.94. The third kappa shape index (κ3) is 2.09. The maximum atomic E-state index is 6.39. The molecule has 0 saturated heterocycles. The SMILES string of the molecule is COc1ccsc1C(N)c1cccc2cccnc12. The van der Waals surface area contributed by atoms with Gasteiger partial charge in [0.25, 0.3) is 0 Å². The number of benzene rings is 1. The van der Waals surface area contributed by atoms with Crippen LogP contribution in [0.3, 0.4) is 0 Å². The summed E-state index contributed by atoms with van der Waals surface area (Å²) in [6.07, 6.45) is 1.80. The fraction of sp³-hybridized carbons (Fsp3) is 0.133. The largest absolute Gasteiger partial charge is 0.496 e. The van der Waals surface area contributed by atoms with Gasteiger partial charge in [-0.2, -0.15) is 0 Å². The van der Waals surface area contributed by atoms with E-state index < -0.39 is 0 Å². The van der Waals surface area contributed by atoms with Gasteiger partial charge in [-0.3, -0.25) is 4.98 Å². The van der Waals surface area contributed by atoms with Gasteiger partial charge in [-0.1, -0.05) is 24.3 Å². The number of thiophene rings is 1. The number of nitrogens with zero attached hydrogens (tertiary/aromatic N) is 1. The van der Waals surface area contributed by atoms with E-state index in [9.17, 15) is 0 Å². The van der Waals surface area contributed by atoms with E-state index in [1.165, 1.54) is 0 Å². The van der Waals surface area contributed by atoms with Gasteiger partial charge in [-0.25, -0.2) is 0 Å². The second kappa shape index (κ2) is 4.99. The molecule has 19 heavy (non-hydrogen) atoms. The Morgan fingerprint density at radius 2 is 2.05 bits per heavy atom. The van der Waals surface area contributed by atoms with Crippen molar-refractivity contribution in [3.63, 3.8) is 0 Å². The minimum atomic E-state index is -0.214. The molecule has 2 N–H and O–H groups in total. The van der Waals surface area contributed by atoms with Crippen LogP contribution in [0.1, 0.15) is 16.5 Å². The molecule has 2 heterocycles. The average molecular weight is 270 g/mol. The van der Waals surface area contributed by atoms with Gasteiger partial charge in [0.1, 0.15) is 5.75 Å². The van der Waals surface area contributed by atoms with Crippen molar-refractivity contribution < 1.29 is 4.74 Å². The Labute approximate surface area is 115 Å². The van der Waals surface area contributed by atoms with Crippen molar-refractivity contribution in [2.45, 2.75) is 6.04 Å². The fourth-order valence-electron chi connectivity index (χ4n) is 2.22. The second-order valence-electron chi connectivity index (χ2n) is 4.25. The molecule has 0 aliphatic heterocycles. The van der Waals surface area contributed by atoms with Gasteiger partial charge in [0, 0.05) is 17.1 Å². The summed E-state index contributed by atoms with van der Waals surface area (Å²) in [7, 11) is 1.67. The van der Waals surface area contributed by atoms with Crippen LogP contribution in [-0.2, 0) is 0 Å². The fourth-order valence-corrected chi connectivity index (χ4v) is 3.10. The molecular weight excluding hydrogens is 256 g/mol. The summed E-state index contributed by atoms with van der Waals surface area (Å²) in [6, 6.07) is 11.8. The van der Waals surface area contributed by atoms with Gasteiger partial charge in [0.05, 0.1) is 23.5 Å². The van der Waals surface area contributed by atoms with E-state index >= 15 is 0 Å². The number of aromatic nitrogens is 1. The molecule has 3 aromatic rings. The minimum absolute atomic E-state index is 0.214. The van der Waals surface area contributed by atoms with E-state index in [1.54, 1.807) is 24.6 Å². The topological polar surface area (TPSA) is 48.1 Å². The summed E-state index contributed by atoms with van der Waals surface area (Å²) >= 11 is 1.61. The molecule has 0 spiro atoms. The van der Waals surface area contributed by atoms with Crippen LogP contribution in [0.5, 0.6) is 5.75 Å². The standard InChI is InChI=1S/C15H14N2OS/c1-18-12-7-9-19-15(12)13(16)11-6-2-4-10-5-3-8-17-14(10)11/h2-9,13H,16H2,1H3. The van der Waals surface area contributed by atoms with Crippen molar-refractivity contribution in [3.05, 3.63) is 58.4 Å². The first kappa shape index (κ1) is 12.1. The van der Waals surface area contributed by atoms with Crippen molar-refractivity contribution >= 4 is 22.2 Å². The van der Waals surface area contributed by atoms with Crippen molar-refractivity contribution in [3.8, 4) is 5.75 Å². The van der Waals surface area contributed by atoms with Crippen LogP contribution < -0.4 is 10.5 Å². The van der Waals surface area contributed by atoms with Crippen LogP contribution in [0, 0.1) is 0 Å². The number of rotatable bonds is 3. The number of hydrogen-bond donors (Lipinski definition) is 1. The van der Waals surface area contributed by atoms with Crippen molar-refractivity contribution in [2.75, 3.05) is 7.11 Å². The van der Waals surface area contributed by atoms with Crippen molar-refractivity contribution in [1.29, 1.82) is 0 Å². The molecule has 0 radical (unpaired) electrons. The number of methoxy groups -OCH3 is 1. The zero-order chi connectivity index (χ0) is 13.2. The van der Waals surface area contributed by atoms with E-state index in [-0.39, 0.29) is 6.04 Å². The van der Waals surface area contributed by atoms with Crippen molar-refractivity contribution in [2.24, 2.45) is 5.73 Å². The van der Waals surface area contributed by atoms with E-state index in [4.69, 9.17) is 10.5 Å². The molecule has 4 heteroatoms. The van der Waals surface area contributed by atoms with Crippen LogP contribution >= 0.6 is 11.3 Å². The molecule has 1 unspecified atom stereocenters. The van der Waals surface area contributed by atoms with Crippen molar-refractivity contribution in [1.82, 2.24) is 4.98 Å². The lowest BCUT2D eigenvalue weighted by atomic mass is 10.0. The van der Waals surface area contributed by atoms with Crippen LogP contribution in [0.2, 0.25) is 0 Å². The first-order valence-electron chi connectivity index (χ1n) is 6.02. The molecule has 0 saturated carbocycles. The summed E-state index contributed by atoms with van der Waals surface area (Å²) in [5.74, 6) is 0.838. The third-order valence-electron chi connectivity index (χ3n) is 3.16.